The second-order valence-corrected chi connectivity index (χ2v) is 4.97. The Hall–Kier alpha value is -0.340. The fourth-order valence-corrected chi connectivity index (χ4v) is 2.22. The lowest BCUT2D eigenvalue weighted by Gasteiger charge is -2.26. The second-order valence-electron chi connectivity index (χ2n) is 4.97. The lowest BCUT2D eigenvalue weighted by Crippen LogP contribution is -2.39. The maximum atomic E-state index is 3.57. The smallest absolute Gasteiger partial charge is 0.0195 e. The first kappa shape index (κ1) is 12.7. The van der Waals surface area contributed by atoms with E-state index >= 15 is 0 Å². The molecule has 0 aromatic carbocycles. The van der Waals surface area contributed by atoms with Gasteiger partial charge in [-0.2, -0.15) is 0 Å². The highest BCUT2D eigenvalue weighted by molar-refractivity contribution is 4.85. The Kier molecular flexibility index (Phi) is 5.96. The summed E-state index contributed by atoms with van der Waals surface area (Å²) in [6.07, 6.45) is 7.11. The van der Waals surface area contributed by atoms with E-state index in [9.17, 15) is 0 Å². The molecule has 1 saturated heterocycles. The average Bonchev–Trinajstić information content (AvgIpc) is 2.66. The highest BCUT2D eigenvalue weighted by atomic mass is 15.1. The topological polar surface area (TPSA) is 15.3 Å². The van der Waals surface area contributed by atoms with Gasteiger partial charge in [0.25, 0.3) is 0 Å². The van der Waals surface area contributed by atoms with Gasteiger partial charge < -0.3 is 5.32 Å². The average molecular weight is 210 g/mol. The van der Waals surface area contributed by atoms with Crippen LogP contribution < -0.4 is 5.32 Å². The Balaban J connectivity index is 2.32. The van der Waals surface area contributed by atoms with E-state index in [1.165, 1.54) is 32.5 Å². The summed E-state index contributed by atoms with van der Waals surface area (Å²) < 4.78 is 0. The predicted molar refractivity (Wildman–Crippen MR) is 67.1 cm³/mol. The van der Waals surface area contributed by atoms with Crippen molar-refractivity contribution in [3.8, 4) is 0 Å². The Morgan fingerprint density at radius 3 is 2.80 bits per heavy atom. The summed E-state index contributed by atoms with van der Waals surface area (Å²) in [4.78, 5) is 2.56. The normalized spacial score (nSPS) is 22.3. The molecule has 1 unspecified atom stereocenters. The van der Waals surface area contributed by atoms with Gasteiger partial charge in [-0.1, -0.05) is 26.0 Å². The summed E-state index contributed by atoms with van der Waals surface area (Å²) in [6.45, 7) is 11.4. The molecule has 1 rings (SSSR count). The molecule has 1 heterocycles. The van der Waals surface area contributed by atoms with E-state index in [0.717, 1.165) is 18.5 Å². The molecule has 0 bridgehead atoms. The molecule has 1 aliphatic heterocycles. The molecule has 88 valence electrons. The third kappa shape index (κ3) is 5.33. The van der Waals surface area contributed by atoms with Crippen LogP contribution in [0.5, 0.6) is 0 Å². The fraction of sp³-hybridized carbons (Fsp3) is 0.846. The maximum absolute atomic E-state index is 3.57. The lowest BCUT2D eigenvalue weighted by atomic mass is 10.1. The van der Waals surface area contributed by atoms with Gasteiger partial charge in [0.1, 0.15) is 0 Å². The van der Waals surface area contributed by atoms with Crippen LogP contribution in [0.2, 0.25) is 0 Å². The van der Waals surface area contributed by atoms with E-state index < -0.39 is 0 Å². The monoisotopic (exact) mass is 210 g/mol. The number of nitrogens with zero attached hydrogens (tertiary/aromatic N) is 1. The molecule has 0 saturated carbocycles. The van der Waals surface area contributed by atoms with E-state index in [1.807, 2.05) is 0 Å². The highest BCUT2D eigenvalue weighted by Crippen LogP contribution is 2.08. The van der Waals surface area contributed by atoms with Crippen LogP contribution >= 0.6 is 0 Å². The quantitative estimate of drug-likeness (QED) is 0.677. The van der Waals surface area contributed by atoms with E-state index in [0.29, 0.717) is 0 Å². The number of allylic oxidation sites excluding steroid dienone is 1. The second kappa shape index (κ2) is 7.02. The number of nitrogens with one attached hydrogen (secondary N) is 1. The molecule has 0 aromatic heterocycles. The zero-order valence-electron chi connectivity index (χ0n) is 10.5. The van der Waals surface area contributed by atoms with Crippen molar-refractivity contribution in [2.75, 3.05) is 26.2 Å². The predicted octanol–water partition coefficient (Wildman–Crippen LogP) is 2.27. The first-order chi connectivity index (χ1) is 7.22. The molecule has 2 heteroatoms. The van der Waals surface area contributed by atoms with E-state index in [4.69, 9.17) is 0 Å². The van der Waals surface area contributed by atoms with Crippen molar-refractivity contribution >= 4 is 0 Å². The molecule has 2 nitrogen and oxygen atoms in total. The van der Waals surface area contributed by atoms with Crippen LogP contribution in [0, 0.1) is 5.92 Å². The van der Waals surface area contributed by atoms with E-state index in [1.54, 1.807) is 0 Å². The van der Waals surface area contributed by atoms with E-state index in [-0.39, 0.29) is 0 Å². The molecule has 0 radical (unpaired) electrons. The van der Waals surface area contributed by atoms with Gasteiger partial charge >= 0.3 is 0 Å². The standard InChI is InChI=1S/C13H26N2/c1-4-5-9-15(10-12(2)3)11-13-7-6-8-14-13/h4-5,12-14H,6-11H2,1-3H3/b5-4+. The van der Waals surface area contributed by atoms with Crippen molar-refractivity contribution in [3.63, 3.8) is 0 Å². The van der Waals surface area contributed by atoms with Crippen molar-refractivity contribution in [1.82, 2.24) is 10.2 Å². The van der Waals surface area contributed by atoms with Crippen LogP contribution in [-0.4, -0.2) is 37.1 Å². The first-order valence-electron chi connectivity index (χ1n) is 6.29. The van der Waals surface area contributed by atoms with Crippen molar-refractivity contribution in [2.24, 2.45) is 5.92 Å². The summed E-state index contributed by atoms with van der Waals surface area (Å²) in [5.41, 5.74) is 0. The van der Waals surface area contributed by atoms with Gasteiger partial charge in [-0.3, -0.25) is 4.90 Å². The van der Waals surface area contributed by atoms with Crippen LogP contribution in [0.1, 0.15) is 33.6 Å². The zero-order chi connectivity index (χ0) is 11.1. The molecule has 0 spiro atoms. The fourth-order valence-electron chi connectivity index (χ4n) is 2.22. The van der Waals surface area contributed by atoms with Crippen molar-refractivity contribution in [2.45, 2.75) is 39.7 Å². The molecule has 0 amide bonds. The van der Waals surface area contributed by atoms with Gasteiger partial charge in [0.15, 0.2) is 0 Å². The van der Waals surface area contributed by atoms with Crippen LogP contribution in [0.4, 0.5) is 0 Å². The molecular formula is C13H26N2. The van der Waals surface area contributed by atoms with Gasteiger partial charge in [0, 0.05) is 25.7 Å². The summed E-state index contributed by atoms with van der Waals surface area (Å²) in [7, 11) is 0. The molecule has 15 heavy (non-hydrogen) atoms. The minimum Gasteiger partial charge on any atom is -0.313 e. The molecule has 1 atom stereocenters. The third-order valence-electron chi connectivity index (χ3n) is 2.86. The van der Waals surface area contributed by atoms with E-state index in [2.05, 4.69) is 43.1 Å². The SMILES string of the molecule is C/C=C/CN(CC(C)C)CC1CCCN1. The Bertz CT molecular complexity index is 181. The largest absolute Gasteiger partial charge is 0.313 e. The van der Waals surface area contributed by atoms with Crippen LogP contribution in [0.25, 0.3) is 0 Å². The number of hydrogen-bond acceptors (Lipinski definition) is 2. The molecule has 1 fully saturated rings. The van der Waals surface area contributed by atoms with Gasteiger partial charge in [0.2, 0.25) is 0 Å². The van der Waals surface area contributed by atoms with Crippen molar-refractivity contribution in [3.05, 3.63) is 12.2 Å². The number of rotatable bonds is 6. The van der Waals surface area contributed by atoms with Gasteiger partial charge in [-0.25, -0.2) is 0 Å². The number of hydrogen-bond donors (Lipinski definition) is 1. The van der Waals surface area contributed by atoms with Crippen molar-refractivity contribution < 1.29 is 0 Å². The zero-order valence-corrected chi connectivity index (χ0v) is 10.5. The molecule has 1 aliphatic rings. The van der Waals surface area contributed by atoms with Gasteiger partial charge in [0.05, 0.1) is 0 Å². The van der Waals surface area contributed by atoms with Gasteiger partial charge in [-0.15, -0.1) is 0 Å². The van der Waals surface area contributed by atoms with Crippen LogP contribution in [0.15, 0.2) is 12.2 Å². The lowest BCUT2D eigenvalue weighted by molar-refractivity contribution is 0.245. The van der Waals surface area contributed by atoms with Crippen molar-refractivity contribution in [1.29, 1.82) is 0 Å². The molecule has 1 N–H and O–H groups in total. The molecule has 0 aromatic rings. The van der Waals surface area contributed by atoms with Crippen LogP contribution in [-0.2, 0) is 0 Å². The van der Waals surface area contributed by atoms with Crippen LogP contribution in [0.3, 0.4) is 0 Å². The summed E-state index contributed by atoms with van der Waals surface area (Å²) in [5, 5.41) is 3.57. The third-order valence-corrected chi connectivity index (χ3v) is 2.86. The Morgan fingerprint density at radius 2 is 2.27 bits per heavy atom. The highest BCUT2D eigenvalue weighted by Gasteiger charge is 2.17. The Morgan fingerprint density at radius 1 is 1.47 bits per heavy atom. The minimum absolute atomic E-state index is 0.731. The molecule has 0 aliphatic carbocycles. The first-order valence-corrected chi connectivity index (χ1v) is 6.29. The minimum atomic E-state index is 0.731. The summed E-state index contributed by atoms with van der Waals surface area (Å²) in [6, 6.07) is 0.731. The summed E-state index contributed by atoms with van der Waals surface area (Å²) >= 11 is 0. The summed E-state index contributed by atoms with van der Waals surface area (Å²) in [5.74, 6) is 0.761. The Labute approximate surface area is 94.7 Å². The van der Waals surface area contributed by atoms with Gasteiger partial charge in [-0.05, 0) is 32.2 Å². The maximum Gasteiger partial charge on any atom is 0.0195 e. The molecular weight excluding hydrogens is 184 g/mol.